The minimum Gasteiger partial charge on any atom is -0.351 e. The number of nitrogens with zero attached hydrogens (tertiary/aromatic N) is 2. The van der Waals surface area contributed by atoms with E-state index in [0.717, 1.165) is 0 Å². The van der Waals surface area contributed by atoms with E-state index in [9.17, 15) is 0 Å². The topological polar surface area (TPSA) is 57.4 Å². The average Bonchev–Trinajstić information content (AvgIpc) is 2.67. The molecule has 0 aromatic carbocycles. The molecule has 2 N–H and O–H groups in total. The van der Waals surface area contributed by atoms with Crippen molar-refractivity contribution in [2.75, 3.05) is 0 Å². The van der Waals surface area contributed by atoms with Crippen LogP contribution >= 0.6 is 27.0 Å². The van der Waals surface area contributed by atoms with Gasteiger partial charge in [0, 0.05) is 24.8 Å². The van der Waals surface area contributed by atoms with Gasteiger partial charge in [-0.2, -0.15) is 27.0 Å². The summed E-state index contributed by atoms with van der Waals surface area (Å²) in [5.74, 6) is 0. The number of imidazole rings is 2. The summed E-state index contributed by atoms with van der Waals surface area (Å²) < 4.78 is 0. The van der Waals surface area contributed by atoms with Crippen LogP contribution in [0.5, 0.6) is 0 Å². The molecule has 68 valence electrons. The number of H-pyrrole nitrogens is 2. The molecule has 0 unspecified atom stereocenters. The highest BCUT2D eigenvalue weighted by Gasteiger charge is 1.56. The van der Waals surface area contributed by atoms with Crippen molar-refractivity contribution in [1.29, 1.82) is 0 Å². The predicted molar refractivity (Wildman–Crippen MR) is 57.9 cm³/mol. The van der Waals surface area contributed by atoms with Gasteiger partial charge in [0.05, 0.1) is 12.7 Å². The zero-order valence-electron chi connectivity index (χ0n) is 6.36. The molecule has 0 aliphatic heterocycles. The van der Waals surface area contributed by atoms with Gasteiger partial charge in [0.2, 0.25) is 0 Å². The summed E-state index contributed by atoms with van der Waals surface area (Å²) in [6.45, 7) is 0. The first-order valence-electron chi connectivity index (χ1n) is 2.85. The molecule has 0 fully saturated rings. The lowest BCUT2D eigenvalue weighted by atomic mass is 11.0. The number of nitrogens with one attached hydrogen (secondary N) is 2. The Morgan fingerprint density at radius 2 is 1.17 bits per heavy atom. The van der Waals surface area contributed by atoms with Gasteiger partial charge in [0.25, 0.3) is 0 Å². The van der Waals surface area contributed by atoms with Crippen LogP contribution in [0.15, 0.2) is 37.4 Å². The normalized spacial score (nSPS) is 6.67. The molecule has 0 atom stereocenters. The third-order valence-corrected chi connectivity index (χ3v) is 0.812. The quantitative estimate of drug-likeness (QED) is 0.674. The van der Waals surface area contributed by atoms with E-state index < -0.39 is 0 Å². The third kappa shape index (κ3) is 7.23. The summed E-state index contributed by atoms with van der Waals surface area (Å²) >= 11 is 0. The van der Waals surface area contributed by atoms with Crippen LogP contribution in [0.25, 0.3) is 0 Å². The van der Waals surface area contributed by atoms with Crippen LogP contribution in [-0.2, 0) is 0 Å². The molecule has 0 radical (unpaired) electrons. The Bertz CT molecular complexity index is 157. The Hall–Kier alpha value is -0.880. The highest BCUT2D eigenvalue weighted by molar-refractivity contribution is 7.59. The Balaban J connectivity index is 0. The molecular formula is C6H12N4S2. The molecule has 0 saturated heterocycles. The molecule has 0 amide bonds. The van der Waals surface area contributed by atoms with Gasteiger partial charge in [0.1, 0.15) is 0 Å². The average molecular weight is 204 g/mol. The van der Waals surface area contributed by atoms with Crippen LogP contribution in [0.4, 0.5) is 0 Å². The lowest BCUT2D eigenvalue weighted by Gasteiger charge is -1.46. The van der Waals surface area contributed by atoms with Crippen LogP contribution < -0.4 is 0 Å². The molecule has 0 saturated carbocycles. The Morgan fingerprint density at radius 3 is 1.25 bits per heavy atom. The maximum atomic E-state index is 3.67. The summed E-state index contributed by atoms with van der Waals surface area (Å²) in [6, 6.07) is 0. The van der Waals surface area contributed by atoms with Crippen LogP contribution in [0, 0.1) is 0 Å². The summed E-state index contributed by atoms with van der Waals surface area (Å²) in [4.78, 5) is 12.8. The van der Waals surface area contributed by atoms with E-state index in [1.807, 2.05) is 0 Å². The number of hydrogen-bond acceptors (Lipinski definition) is 2. The number of hydrogen-bond donors (Lipinski definition) is 2. The van der Waals surface area contributed by atoms with Gasteiger partial charge < -0.3 is 9.97 Å². The molecule has 0 spiro atoms. The van der Waals surface area contributed by atoms with Crippen LogP contribution in [-0.4, -0.2) is 19.9 Å². The Labute approximate surface area is 84.7 Å². The fourth-order valence-electron chi connectivity index (χ4n) is 0.430. The first-order chi connectivity index (χ1) is 5.00. The lowest BCUT2D eigenvalue weighted by molar-refractivity contribution is 1.31. The summed E-state index contributed by atoms with van der Waals surface area (Å²) in [7, 11) is 0. The second kappa shape index (κ2) is 10.1. The van der Waals surface area contributed by atoms with E-state index in [-0.39, 0.29) is 27.0 Å². The monoisotopic (exact) mass is 204 g/mol. The molecule has 0 aliphatic rings. The SMILES string of the molecule is S.S.c1c[nH]cn1.c1c[nH]cn1. The standard InChI is InChI=1S/2C3H4N2.2H2S/c2*1-2-5-3-4-1;;/h2*1-3H,(H,4,5);2*1H2. The van der Waals surface area contributed by atoms with Crippen LogP contribution in [0.1, 0.15) is 0 Å². The Morgan fingerprint density at radius 1 is 0.750 bits per heavy atom. The minimum absolute atomic E-state index is 0. The van der Waals surface area contributed by atoms with Gasteiger partial charge >= 0.3 is 0 Å². The largest absolute Gasteiger partial charge is 0.351 e. The molecular weight excluding hydrogens is 192 g/mol. The van der Waals surface area contributed by atoms with Gasteiger partial charge in [-0.3, -0.25) is 0 Å². The number of rotatable bonds is 0. The second-order valence-electron chi connectivity index (χ2n) is 1.52. The summed E-state index contributed by atoms with van der Waals surface area (Å²) in [6.07, 6.45) is 10.2. The van der Waals surface area contributed by atoms with Crippen molar-refractivity contribution in [3.05, 3.63) is 37.4 Å². The maximum Gasteiger partial charge on any atom is 0.0919 e. The van der Waals surface area contributed by atoms with Gasteiger partial charge in [-0.1, -0.05) is 0 Å². The van der Waals surface area contributed by atoms with E-state index in [1.54, 1.807) is 37.4 Å². The smallest absolute Gasteiger partial charge is 0.0919 e. The first kappa shape index (κ1) is 13.7. The molecule has 12 heavy (non-hydrogen) atoms. The summed E-state index contributed by atoms with van der Waals surface area (Å²) in [5, 5.41) is 0. The van der Waals surface area contributed by atoms with E-state index in [4.69, 9.17) is 0 Å². The highest BCUT2D eigenvalue weighted by Crippen LogP contribution is 1.63. The molecule has 0 aliphatic carbocycles. The number of aromatic amines is 2. The van der Waals surface area contributed by atoms with Crippen molar-refractivity contribution in [2.45, 2.75) is 0 Å². The van der Waals surface area contributed by atoms with Crippen molar-refractivity contribution in [3.8, 4) is 0 Å². The lowest BCUT2D eigenvalue weighted by Crippen LogP contribution is -1.44. The van der Waals surface area contributed by atoms with Gasteiger partial charge in [0.15, 0.2) is 0 Å². The zero-order valence-corrected chi connectivity index (χ0v) is 8.36. The Kier molecular flexibility index (Phi) is 11.5. The first-order valence-corrected chi connectivity index (χ1v) is 2.85. The minimum atomic E-state index is 0. The third-order valence-electron chi connectivity index (χ3n) is 0.812. The molecule has 2 heterocycles. The molecule has 4 nitrogen and oxygen atoms in total. The fourth-order valence-corrected chi connectivity index (χ4v) is 0.430. The number of aromatic nitrogens is 4. The van der Waals surface area contributed by atoms with Crippen LogP contribution in [0.3, 0.4) is 0 Å². The van der Waals surface area contributed by atoms with Crippen molar-refractivity contribution >= 4 is 27.0 Å². The van der Waals surface area contributed by atoms with E-state index in [0.29, 0.717) is 0 Å². The molecule has 2 aromatic heterocycles. The van der Waals surface area contributed by atoms with Gasteiger partial charge in [-0.15, -0.1) is 0 Å². The molecule has 6 heteroatoms. The second-order valence-corrected chi connectivity index (χ2v) is 1.52. The van der Waals surface area contributed by atoms with Gasteiger partial charge in [-0.25, -0.2) is 9.97 Å². The van der Waals surface area contributed by atoms with Crippen molar-refractivity contribution < 1.29 is 0 Å². The molecule has 2 aromatic rings. The molecule has 0 bridgehead atoms. The highest BCUT2D eigenvalue weighted by atomic mass is 32.1. The van der Waals surface area contributed by atoms with E-state index in [2.05, 4.69) is 19.9 Å². The van der Waals surface area contributed by atoms with Crippen molar-refractivity contribution in [1.82, 2.24) is 19.9 Å². The van der Waals surface area contributed by atoms with E-state index in [1.165, 1.54) is 0 Å². The fraction of sp³-hybridized carbons (Fsp3) is 0. The predicted octanol–water partition coefficient (Wildman–Crippen LogP) is 1.04. The molecule has 2 rings (SSSR count). The van der Waals surface area contributed by atoms with E-state index >= 15 is 0 Å². The summed E-state index contributed by atoms with van der Waals surface area (Å²) in [5.41, 5.74) is 0. The van der Waals surface area contributed by atoms with Crippen molar-refractivity contribution in [3.63, 3.8) is 0 Å². The zero-order chi connectivity index (χ0) is 7.07. The van der Waals surface area contributed by atoms with Gasteiger partial charge in [-0.05, 0) is 0 Å². The maximum absolute atomic E-state index is 3.67. The van der Waals surface area contributed by atoms with Crippen molar-refractivity contribution in [2.24, 2.45) is 0 Å². The van der Waals surface area contributed by atoms with Crippen LogP contribution in [0.2, 0.25) is 0 Å².